The predicted octanol–water partition coefficient (Wildman–Crippen LogP) is 4.74. The molecule has 0 amide bonds. The normalized spacial score (nSPS) is 11.0. The predicted molar refractivity (Wildman–Crippen MR) is 129 cm³/mol. The molecule has 0 fully saturated rings. The molecule has 0 saturated carbocycles. The van der Waals surface area contributed by atoms with Gasteiger partial charge in [0.05, 0.1) is 23.2 Å². The van der Waals surface area contributed by atoms with E-state index < -0.39 is 0 Å². The monoisotopic (exact) mass is 451 g/mol. The molecule has 5 rings (SSSR count). The third-order valence-electron chi connectivity index (χ3n) is 5.44. The number of esters is 1. The highest BCUT2D eigenvalue weighted by molar-refractivity contribution is 6.10. The Balaban J connectivity index is 1.54. The molecule has 0 unspecified atom stereocenters. The zero-order valence-corrected chi connectivity index (χ0v) is 18.6. The van der Waals surface area contributed by atoms with Crippen molar-refractivity contribution in [1.29, 1.82) is 0 Å². The second-order valence-corrected chi connectivity index (χ2v) is 7.69. The van der Waals surface area contributed by atoms with Crippen molar-refractivity contribution >= 4 is 39.9 Å². The minimum Gasteiger partial charge on any atom is -0.462 e. The lowest BCUT2D eigenvalue weighted by atomic mass is 10.0. The Morgan fingerprint density at radius 2 is 1.65 bits per heavy atom. The van der Waals surface area contributed by atoms with Crippen molar-refractivity contribution < 1.29 is 14.3 Å². The van der Waals surface area contributed by atoms with Gasteiger partial charge in [-0.1, -0.05) is 30.3 Å². The molecule has 2 aromatic heterocycles. The average molecular weight is 451 g/mol. The quantitative estimate of drug-likeness (QED) is 0.294. The number of ether oxygens (including phenoxy) is 1. The largest absolute Gasteiger partial charge is 0.462 e. The topological polar surface area (TPSA) is 98.5 Å². The van der Waals surface area contributed by atoms with Gasteiger partial charge in [0.15, 0.2) is 11.6 Å². The summed E-state index contributed by atoms with van der Waals surface area (Å²) in [6.07, 6.45) is 0. The summed E-state index contributed by atoms with van der Waals surface area (Å²) in [6.45, 7) is 3.94. The zero-order chi connectivity index (χ0) is 23.7. The number of aromatic nitrogens is 4. The maximum Gasteiger partial charge on any atom is 0.338 e. The summed E-state index contributed by atoms with van der Waals surface area (Å²) in [5.41, 5.74) is 4.34. The first-order valence-electron chi connectivity index (χ1n) is 10.8. The minimum absolute atomic E-state index is 0.0646. The van der Waals surface area contributed by atoms with E-state index in [1.165, 1.54) is 0 Å². The third kappa shape index (κ3) is 3.86. The summed E-state index contributed by atoms with van der Waals surface area (Å²) in [5, 5.41) is 11.8. The van der Waals surface area contributed by atoms with E-state index in [0.29, 0.717) is 46.1 Å². The lowest BCUT2D eigenvalue weighted by molar-refractivity contribution is 0.0526. The molecule has 3 aromatic carbocycles. The number of aryl methyl sites for hydroxylation is 1. The van der Waals surface area contributed by atoms with Crippen LogP contribution in [0.3, 0.4) is 0 Å². The van der Waals surface area contributed by atoms with Gasteiger partial charge in [0.2, 0.25) is 5.65 Å². The van der Waals surface area contributed by atoms with Crippen LogP contribution in [-0.2, 0) is 4.74 Å². The second kappa shape index (κ2) is 8.74. The van der Waals surface area contributed by atoms with E-state index in [-0.39, 0.29) is 11.8 Å². The van der Waals surface area contributed by atoms with Crippen LogP contribution in [0.1, 0.15) is 39.0 Å². The van der Waals surface area contributed by atoms with Crippen LogP contribution in [0.15, 0.2) is 72.8 Å². The van der Waals surface area contributed by atoms with Gasteiger partial charge in [0.1, 0.15) is 5.82 Å². The molecule has 0 bridgehead atoms. The van der Waals surface area contributed by atoms with Crippen molar-refractivity contribution in [3.63, 3.8) is 0 Å². The molecule has 0 aliphatic heterocycles. The maximum absolute atomic E-state index is 13.0. The second-order valence-electron chi connectivity index (χ2n) is 7.69. The minimum atomic E-state index is -0.366. The molecule has 8 nitrogen and oxygen atoms in total. The van der Waals surface area contributed by atoms with Crippen molar-refractivity contribution in [2.45, 2.75) is 13.8 Å². The first-order valence-corrected chi connectivity index (χ1v) is 10.8. The van der Waals surface area contributed by atoms with Crippen molar-refractivity contribution in [3.8, 4) is 0 Å². The van der Waals surface area contributed by atoms with Gasteiger partial charge in [-0.3, -0.25) is 9.20 Å². The highest BCUT2D eigenvalue weighted by Gasteiger charge is 2.16. The molecule has 168 valence electrons. The number of ketones is 1. The van der Waals surface area contributed by atoms with Crippen molar-refractivity contribution in [3.05, 3.63) is 95.3 Å². The van der Waals surface area contributed by atoms with Gasteiger partial charge in [-0.25, -0.2) is 9.78 Å². The molecule has 0 aliphatic carbocycles. The maximum atomic E-state index is 13.0. The fourth-order valence-corrected chi connectivity index (χ4v) is 3.79. The summed E-state index contributed by atoms with van der Waals surface area (Å²) in [7, 11) is 0. The lowest BCUT2D eigenvalue weighted by Crippen LogP contribution is -2.05. The average Bonchev–Trinajstić information content (AvgIpc) is 3.27. The van der Waals surface area contributed by atoms with Crippen molar-refractivity contribution in [2.75, 3.05) is 11.9 Å². The lowest BCUT2D eigenvalue weighted by Gasteiger charge is -2.11. The highest BCUT2D eigenvalue weighted by atomic mass is 16.5. The Bertz CT molecular complexity index is 1530. The highest BCUT2D eigenvalue weighted by Crippen LogP contribution is 2.26. The molecule has 0 aliphatic rings. The fraction of sp³-hybridized carbons (Fsp3) is 0.115. The van der Waals surface area contributed by atoms with Crippen LogP contribution >= 0.6 is 0 Å². The van der Waals surface area contributed by atoms with E-state index >= 15 is 0 Å². The summed E-state index contributed by atoms with van der Waals surface area (Å²) >= 11 is 0. The molecule has 8 heteroatoms. The third-order valence-corrected chi connectivity index (χ3v) is 5.44. The number of hydrogen-bond donors (Lipinski definition) is 1. The van der Waals surface area contributed by atoms with Crippen LogP contribution in [0.25, 0.3) is 16.7 Å². The number of nitrogens with one attached hydrogen (secondary N) is 1. The zero-order valence-electron chi connectivity index (χ0n) is 18.6. The van der Waals surface area contributed by atoms with Crippen LogP contribution < -0.4 is 5.32 Å². The smallest absolute Gasteiger partial charge is 0.338 e. The number of nitrogens with zero attached hydrogens (tertiary/aromatic N) is 4. The number of hydrogen-bond acceptors (Lipinski definition) is 7. The van der Waals surface area contributed by atoms with E-state index in [2.05, 4.69) is 15.5 Å². The van der Waals surface area contributed by atoms with Gasteiger partial charge in [0.25, 0.3) is 0 Å². The molecule has 2 heterocycles. The number of anilines is 2. The molecule has 0 saturated heterocycles. The summed E-state index contributed by atoms with van der Waals surface area (Å²) in [4.78, 5) is 29.6. The number of benzene rings is 3. The van der Waals surface area contributed by atoms with Gasteiger partial charge in [-0.15, -0.1) is 10.2 Å². The SMILES string of the molecule is CCOC(=O)c1ccc(Nc2nc3ccc(C(=O)c4ccccc4)cc3n3c(C)nnc23)cc1. The molecule has 34 heavy (non-hydrogen) atoms. The van der Waals surface area contributed by atoms with E-state index in [0.717, 1.165) is 11.2 Å². The van der Waals surface area contributed by atoms with Gasteiger partial charge in [-0.05, 0) is 56.3 Å². The van der Waals surface area contributed by atoms with Crippen LogP contribution in [-0.4, -0.2) is 37.9 Å². The fourth-order valence-electron chi connectivity index (χ4n) is 3.79. The summed E-state index contributed by atoms with van der Waals surface area (Å²) in [6, 6.07) is 21.5. The molecular weight excluding hydrogens is 430 g/mol. The van der Waals surface area contributed by atoms with Gasteiger partial charge >= 0.3 is 5.97 Å². The van der Waals surface area contributed by atoms with Crippen LogP contribution in [0.5, 0.6) is 0 Å². The molecule has 1 N–H and O–H groups in total. The number of carbonyl (C=O) groups excluding carboxylic acids is 2. The molecule has 0 atom stereocenters. The van der Waals surface area contributed by atoms with Gasteiger partial charge in [0, 0.05) is 16.8 Å². The first kappa shape index (κ1) is 21.3. The Hall–Kier alpha value is -4.59. The first-order chi connectivity index (χ1) is 16.5. The van der Waals surface area contributed by atoms with Crippen molar-refractivity contribution in [2.24, 2.45) is 0 Å². The summed E-state index contributed by atoms with van der Waals surface area (Å²) in [5.74, 6) is 0.756. The molecular formula is C26H21N5O3. The van der Waals surface area contributed by atoms with Gasteiger partial charge < -0.3 is 10.1 Å². The molecule has 5 aromatic rings. The van der Waals surface area contributed by atoms with E-state index in [1.807, 2.05) is 41.7 Å². The van der Waals surface area contributed by atoms with Crippen LogP contribution in [0.2, 0.25) is 0 Å². The Morgan fingerprint density at radius 1 is 0.912 bits per heavy atom. The van der Waals surface area contributed by atoms with Crippen LogP contribution in [0.4, 0.5) is 11.5 Å². The standard InChI is InChI=1S/C26H21N5O3/c1-3-34-26(33)18-9-12-20(13-10-18)27-24-25-30-29-16(2)31(25)22-15-19(11-14-21(22)28-24)23(32)17-7-5-4-6-8-17/h4-15H,3H2,1-2H3,(H,27,28). The van der Waals surface area contributed by atoms with E-state index in [9.17, 15) is 9.59 Å². The Labute approximate surface area is 195 Å². The number of carbonyl (C=O) groups is 2. The summed E-state index contributed by atoms with van der Waals surface area (Å²) < 4.78 is 6.91. The van der Waals surface area contributed by atoms with Crippen molar-refractivity contribution in [1.82, 2.24) is 19.6 Å². The molecule has 0 spiro atoms. The number of rotatable bonds is 6. The van der Waals surface area contributed by atoms with Crippen LogP contribution in [0, 0.1) is 6.92 Å². The Morgan fingerprint density at radius 3 is 2.38 bits per heavy atom. The molecule has 0 radical (unpaired) electrons. The van der Waals surface area contributed by atoms with E-state index in [1.54, 1.807) is 49.4 Å². The Kier molecular flexibility index (Phi) is 5.47. The van der Waals surface area contributed by atoms with Gasteiger partial charge in [-0.2, -0.15) is 0 Å². The van der Waals surface area contributed by atoms with E-state index in [4.69, 9.17) is 9.72 Å². The number of fused-ring (bicyclic) bond motifs is 3.